The van der Waals surface area contributed by atoms with Gasteiger partial charge in [0.15, 0.2) is 6.29 Å². The summed E-state index contributed by atoms with van der Waals surface area (Å²) in [6, 6.07) is -1.12. The topological polar surface area (TPSA) is 170 Å². The minimum absolute atomic E-state index is 0.0205. The highest BCUT2D eigenvalue weighted by Crippen LogP contribution is 2.43. The van der Waals surface area contributed by atoms with E-state index in [1.165, 1.54) is 83.5 Å². The van der Waals surface area contributed by atoms with Crippen LogP contribution in [0.25, 0.3) is 0 Å². The largest absolute Gasteiger partial charge is 0.472 e. The first-order chi connectivity index (χ1) is 21.4. The molecule has 1 heterocycles. The monoisotopic (exact) mass is 671 g/mol. The van der Waals surface area contributed by atoms with E-state index in [-0.39, 0.29) is 19.8 Å². The molecule has 0 aromatic carbocycles. The van der Waals surface area contributed by atoms with E-state index in [4.69, 9.17) is 29.0 Å². The number of aliphatic hydroxyl groups is 3. The molecule has 270 valence electrons. The van der Waals surface area contributed by atoms with Gasteiger partial charge in [0.1, 0.15) is 37.6 Å². The zero-order valence-corrected chi connectivity index (χ0v) is 29.6. The van der Waals surface area contributed by atoms with Crippen molar-refractivity contribution in [3.8, 4) is 0 Å². The van der Waals surface area contributed by atoms with Gasteiger partial charge in [0.2, 0.25) is 0 Å². The third kappa shape index (κ3) is 21.4. The number of unbranched alkanes of at least 4 members (excludes halogenated alkanes) is 15. The van der Waals surface area contributed by atoms with E-state index in [0.29, 0.717) is 17.6 Å². The fourth-order valence-electron chi connectivity index (χ4n) is 5.15. The number of hydrogen-bond acceptors (Lipinski definition) is 10. The number of phosphoric acid groups is 1. The average Bonchev–Trinajstić information content (AvgIpc) is 2.98. The van der Waals surface area contributed by atoms with Crippen LogP contribution in [0, 0.1) is 0 Å². The summed E-state index contributed by atoms with van der Waals surface area (Å²) >= 11 is 0. The normalized spacial score (nSPS) is 24.5. The average molecular weight is 672 g/mol. The zero-order valence-electron chi connectivity index (χ0n) is 28.7. The van der Waals surface area contributed by atoms with E-state index in [1.54, 1.807) is 0 Å². The van der Waals surface area contributed by atoms with Crippen molar-refractivity contribution in [1.82, 2.24) is 0 Å². The molecule has 0 aliphatic carbocycles. The molecule has 0 aromatic heterocycles. The lowest BCUT2D eigenvalue weighted by molar-refractivity contribution is -0.870. The van der Waals surface area contributed by atoms with Crippen LogP contribution in [-0.4, -0.2) is 122 Å². The van der Waals surface area contributed by atoms with Gasteiger partial charge in [-0.1, -0.05) is 103 Å². The molecule has 0 bridgehead atoms. The van der Waals surface area contributed by atoms with Crippen LogP contribution in [-0.2, 0) is 27.8 Å². The van der Waals surface area contributed by atoms with Crippen molar-refractivity contribution in [3.63, 3.8) is 0 Å². The van der Waals surface area contributed by atoms with E-state index in [2.05, 4.69) is 6.92 Å². The Morgan fingerprint density at radius 2 is 1.29 bits per heavy atom. The van der Waals surface area contributed by atoms with Crippen LogP contribution in [0.5, 0.6) is 0 Å². The highest BCUT2D eigenvalue weighted by molar-refractivity contribution is 7.47. The van der Waals surface area contributed by atoms with Gasteiger partial charge in [-0.2, -0.15) is 0 Å². The summed E-state index contributed by atoms with van der Waals surface area (Å²) < 4.78 is 40.5. The highest BCUT2D eigenvalue weighted by Gasteiger charge is 2.44. The number of nitrogens with two attached hydrogens (primary N) is 1. The van der Waals surface area contributed by atoms with Gasteiger partial charge in [0.25, 0.3) is 0 Å². The predicted molar refractivity (Wildman–Crippen MR) is 176 cm³/mol. The van der Waals surface area contributed by atoms with Gasteiger partial charge < -0.3 is 44.6 Å². The number of ether oxygens (including phenoxy) is 3. The Hall–Kier alpha value is -0.210. The van der Waals surface area contributed by atoms with Crippen LogP contribution in [0.3, 0.4) is 0 Å². The maximum atomic E-state index is 12.4. The van der Waals surface area contributed by atoms with Crippen LogP contribution in [0.15, 0.2) is 0 Å². The number of likely N-dealkylation sites (N-methyl/N-ethyl adjacent to an activating group) is 1. The molecule has 1 aliphatic heterocycles. The van der Waals surface area contributed by atoms with Crippen molar-refractivity contribution in [2.24, 2.45) is 5.73 Å². The number of hydrogen-bond donors (Lipinski definition) is 5. The molecule has 45 heavy (non-hydrogen) atoms. The lowest BCUT2D eigenvalue weighted by atomic mass is 9.98. The van der Waals surface area contributed by atoms with E-state index in [0.717, 1.165) is 19.3 Å². The van der Waals surface area contributed by atoms with Crippen LogP contribution in [0.4, 0.5) is 0 Å². The van der Waals surface area contributed by atoms with E-state index < -0.39 is 51.2 Å². The molecule has 0 amide bonds. The summed E-state index contributed by atoms with van der Waals surface area (Å²) in [5.74, 6) is 0. The molecule has 0 saturated carbocycles. The van der Waals surface area contributed by atoms with E-state index in [1.807, 2.05) is 21.1 Å². The molecule has 1 aliphatic rings. The Kier molecular flexibility index (Phi) is 23.7. The van der Waals surface area contributed by atoms with Crippen LogP contribution in [0.2, 0.25) is 0 Å². The molecular weight excluding hydrogens is 603 g/mol. The minimum atomic E-state index is -4.37. The number of aliphatic hydroxyl groups excluding tert-OH is 3. The zero-order chi connectivity index (χ0) is 33.6. The molecule has 12 nitrogen and oxygen atoms in total. The smallest absolute Gasteiger partial charge is 0.394 e. The highest BCUT2D eigenvalue weighted by atomic mass is 31.2. The second-order valence-corrected chi connectivity index (χ2v) is 15.0. The maximum Gasteiger partial charge on any atom is 0.472 e. The molecule has 1 rings (SSSR count). The second-order valence-electron chi connectivity index (χ2n) is 13.5. The Morgan fingerprint density at radius 3 is 1.78 bits per heavy atom. The fraction of sp³-hybridized carbons (Fsp3) is 1.00. The van der Waals surface area contributed by atoms with Gasteiger partial charge in [-0.05, 0) is 6.42 Å². The van der Waals surface area contributed by atoms with Gasteiger partial charge >= 0.3 is 7.82 Å². The third-order valence-electron chi connectivity index (χ3n) is 8.14. The first-order valence-corrected chi connectivity index (χ1v) is 18.9. The van der Waals surface area contributed by atoms with E-state index in [9.17, 15) is 24.8 Å². The van der Waals surface area contributed by atoms with Crippen LogP contribution >= 0.6 is 7.82 Å². The summed E-state index contributed by atoms with van der Waals surface area (Å²) in [6.45, 7) is 2.39. The van der Waals surface area contributed by atoms with Crippen LogP contribution in [0.1, 0.15) is 110 Å². The molecule has 1 saturated heterocycles. The van der Waals surface area contributed by atoms with Gasteiger partial charge in [-0.25, -0.2) is 4.57 Å². The molecule has 6 N–H and O–H groups in total. The van der Waals surface area contributed by atoms with Crippen molar-refractivity contribution in [1.29, 1.82) is 0 Å². The lowest BCUT2D eigenvalue weighted by Crippen LogP contribution is -2.63. The summed E-state index contributed by atoms with van der Waals surface area (Å²) in [5, 5.41) is 29.9. The Balaban J connectivity index is 2.33. The quantitative estimate of drug-likeness (QED) is 0.0438. The molecule has 13 heteroatoms. The summed E-state index contributed by atoms with van der Waals surface area (Å²) in [4.78, 5) is 10.1. The molecular formula is C32H68N2O10P+. The number of nitrogens with zero attached hydrogens (tertiary/aromatic N) is 1. The number of rotatable bonds is 29. The third-order valence-corrected chi connectivity index (χ3v) is 9.13. The molecule has 0 spiro atoms. The van der Waals surface area contributed by atoms with Crippen molar-refractivity contribution in [3.05, 3.63) is 0 Å². The summed E-state index contributed by atoms with van der Waals surface area (Å²) in [5.41, 5.74) is 6.01. The molecule has 7 atom stereocenters. The van der Waals surface area contributed by atoms with Crippen molar-refractivity contribution >= 4 is 7.82 Å². The summed E-state index contributed by atoms with van der Waals surface area (Å²) in [7, 11) is 1.44. The van der Waals surface area contributed by atoms with Crippen molar-refractivity contribution in [2.45, 2.75) is 146 Å². The molecule has 0 aromatic rings. The maximum absolute atomic E-state index is 12.4. The van der Waals surface area contributed by atoms with E-state index >= 15 is 0 Å². The van der Waals surface area contributed by atoms with Gasteiger partial charge in [0.05, 0.1) is 47.0 Å². The second kappa shape index (κ2) is 24.9. The van der Waals surface area contributed by atoms with Crippen molar-refractivity contribution in [2.75, 3.05) is 60.7 Å². The fourth-order valence-corrected chi connectivity index (χ4v) is 5.90. The number of quaternary nitrogens is 1. The predicted octanol–water partition coefficient (Wildman–Crippen LogP) is 4.26. The number of phosphoric ester groups is 1. The molecule has 1 fully saturated rings. The lowest BCUT2D eigenvalue weighted by Gasteiger charge is -2.41. The molecule has 1 unspecified atom stereocenters. The van der Waals surface area contributed by atoms with Crippen molar-refractivity contribution < 1.29 is 52.5 Å². The SMILES string of the molecule is CCCCCCCCCCCCCCCCCCOC[C@H](COP(=O)(O)OCC[N+](C)(C)C)O[C@@H]1O[C@H](CO)[C@@H](O)[C@H](O)[C@H]1N. The Bertz CT molecular complexity index is 758. The van der Waals surface area contributed by atoms with Gasteiger partial charge in [-0.3, -0.25) is 9.05 Å². The van der Waals surface area contributed by atoms with Crippen LogP contribution < -0.4 is 5.73 Å². The standard InChI is InChI=1S/C32H67N2O10P/c1-5-6-7-8-9-10-11-12-13-14-15-16-17-18-19-20-22-40-25-27(26-42-45(38,39)41-23-21-34(2,3)4)43-32-29(33)31(37)30(36)28(24-35)44-32/h27-32,35-37H,5-26,33H2,1-4H3/p+1/t27-,28-,29-,30-,31-,32-/m1/s1. The Morgan fingerprint density at radius 1 is 0.778 bits per heavy atom. The van der Waals surface area contributed by atoms with Gasteiger partial charge in [-0.15, -0.1) is 0 Å². The Labute approximate surface area is 273 Å². The van der Waals surface area contributed by atoms with Gasteiger partial charge in [0, 0.05) is 6.61 Å². The molecule has 0 radical (unpaired) electrons. The first-order valence-electron chi connectivity index (χ1n) is 17.4. The first kappa shape index (κ1) is 42.8. The minimum Gasteiger partial charge on any atom is -0.394 e. The summed E-state index contributed by atoms with van der Waals surface area (Å²) in [6.07, 6.45) is 14.6.